The summed E-state index contributed by atoms with van der Waals surface area (Å²) in [6.07, 6.45) is 1.68. The fourth-order valence-electron chi connectivity index (χ4n) is 1.68. The summed E-state index contributed by atoms with van der Waals surface area (Å²) in [5.41, 5.74) is 0.418. The first kappa shape index (κ1) is 16.4. The maximum atomic E-state index is 11.7. The molecule has 3 N–H and O–H groups in total. The monoisotopic (exact) mass is 332 g/mol. The Kier molecular flexibility index (Phi) is 6.11. The van der Waals surface area contributed by atoms with E-state index in [0.29, 0.717) is 28.3 Å². The van der Waals surface area contributed by atoms with Gasteiger partial charge in [0.05, 0.1) is 23.4 Å². The van der Waals surface area contributed by atoms with Crippen molar-refractivity contribution in [1.82, 2.24) is 5.32 Å². The molecule has 0 radical (unpaired) electrons. The molecular weight excluding hydrogens is 315 g/mol. The number of carbonyl (C=O) groups excluding carboxylic acids is 1. The van der Waals surface area contributed by atoms with Crippen LogP contribution in [0.1, 0.15) is 12.8 Å². The smallest absolute Gasteiger partial charge is 0.319 e. The highest BCUT2D eigenvalue weighted by Crippen LogP contribution is 2.28. The molecule has 1 fully saturated rings. The maximum Gasteiger partial charge on any atom is 0.319 e. The largest absolute Gasteiger partial charge is 0.389 e. The van der Waals surface area contributed by atoms with Gasteiger partial charge in [-0.25, -0.2) is 4.79 Å². The highest BCUT2D eigenvalue weighted by molar-refractivity contribution is 6.35. The first-order valence-electron chi connectivity index (χ1n) is 6.80. The Balaban J connectivity index is 1.67. The van der Waals surface area contributed by atoms with Crippen molar-refractivity contribution in [2.75, 3.05) is 25.1 Å². The summed E-state index contributed by atoms with van der Waals surface area (Å²) in [6.45, 7) is 1.00. The number of benzene rings is 1. The summed E-state index contributed by atoms with van der Waals surface area (Å²) in [6, 6.07) is 4.33. The van der Waals surface area contributed by atoms with Crippen molar-refractivity contribution < 1.29 is 14.6 Å². The van der Waals surface area contributed by atoms with Crippen molar-refractivity contribution in [3.05, 3.63) is 28.2 Å². The summed E-state index contributed by atoms with van der Waals surface area (Å²) in [4.78, 5) is 11.7. The van der Waals surface area contributed by atoms with Crippen LogP contribution in [0.5, 0.6) is 0 Å². The van der Waals surface area contributed by atoms with Crippen LogP contribution in [0.3, 0.4) is 0 Å². The number of ether oxygens (including phenoxy) is 1. The van der Waals surface area contributed by atoms with Gasteiger partial charge in [-0.05, 0) is 37.0 Å². The van der Waals surface area contributed by atoms with Crippen LogP contribution >= 0.6 is 23.2 Å². The SMILES string of the molecule is O=C(NCC(O)COCC1CC1)Nc1cc(Cl)ccc1Cl. The molecule has 0 aromatic heterocycles. The Hall–Kier alpha value is -1.01. The molecule has 1 aromatic rings. The second kappa shape index (κ2) is 7.84. The van der Waals surface area contributed by atoms with E-state index >= 15 is 0 Å². The molecular formula is C14H18Cl2N2O3. The van der Waals surface area contributed by atoms with E-state index in [1.54, 1.807) is 18.2 Å². The lowest BCUT2D eigenvalue weighted by Crippen LogP contribution is -2.37. The molecule has 7 heteroatoms. The van der Waals surface area contributed by atoms with Gasteiger partial charge in [-0.1, -0.05) is 23.2 Å². The third-order valence-corrected chi connectivity index (χ3v) is 3.60. The number of hydrogen-bond donors (Lipinski definition) is 3. The molecule has 1 aliphatic rings. The molecule has 0 aliphatic heterocycles. The van der Waals surface area contributed by atoms with Gasteiger partial charge in [-0.2, -0.15) is 0 Å². The van der Waals surface area contributed by atoms with Crippen molar-refractivity contribution in [3.8, 4) is 0 Å². The molecule has 21 heavy (non-hydrogen) atoms. The molecule has 0 spiro atoms. The van der Waals surface area contributed by atoms with Crippen molar-refractivity contribution >= 4 is 34.9 Å². The highest BCUT2D eigenvalue weighted by Gasteiger charge is 2.21. The Morgan fingerprint density at radius 3 is 2.90 bits per heavy atom. The quantitative estimate of drug-likeness (QED) is 0.719. The molecule has 0 heterocycles. The lowest BCUT2D eigenvalue weighted by atomic mass is 10.3. The fraction of sp³-hybridized carbons (Fsp3) is 0.500. The number of aliphatic hydroxyl groups excluding tert-OH is 1. The molecule has 1 unspecified atom stereocenters. The zero-order chi connectivity index (χ0) is 15.2. The standard InChI is InChI=1S/C14H18Cl2N2O3/c15-10-3-4-12(16)13(5-10)18-14(20)17-6-11(19)8-21-7-9-1-2-9/h3-5,9,11,19H,1-2,6-8H2,(H2,17,18,20). The molecule has 2 amide bonds. The van der Waals surface area contributed by atoms with E-state index < -0.39 is 12.1 Å². The molecule has 1 aromatic carbocycles. The van der Waals surface area contributed by atoms with Crippen molar-refractivity contribution in [2.24, 2.45) is 5.92 Å². The number of amides is 2. The average Bonchev–Trinajstić information content (AvgIpc) is 3.25. The minimum atomic E-state index is -0.732. The number of rotatable bonds is 7. The summed E-state index contributed by atoms with van der Waals surface area (Å²) >= 11 is 11.8. The van der Waals surface area contributed by atoms with E-state index in [4.69, 9.17) is 27.9 Å². The van der Waals surface area contributed by atoms with Crippen LogP contribution in [0.25, 0.3) is 0 Å². The molecule has 1 aliphatic carbocycles. The summed E-state index contributed by atoms with van der Waals surface area (Å²) < 4.78 is 5.34. The van der Waals surface area contributed by atoms with Crippen LogP contribution in [0.2, 0.25) is 10.0 Å². The van der Waals surface area contributed by atoms with Gasteiger partial charge < -0.3 is 20.5 Å². The third-order valence-electron chi connectivity index (χ3n) is 3.04. The second-order valence-electron chi connectivity index (χ2n) is 5.09. The van der Waals surface area contributed by atoms with Crippen molar-refractivity contribution in [1.29, 1.82) is 0 Å². The van der Waals surface area contributed by atoms with E-state index in [9.17, 15) is 9.90 Å². The highest BCUT2D eigenvalue weighted by atomic mass is 35.5. The molecule has 0 bridgehead atoms. The lowest BCUT2D eigenvalue weighted by molar-refractivity contribution is 0.0339. The fourth-order valence-corrected chi connectivity index (χ4v) is 2.02. The van der Waals surface area contributed by atoms with Crippen LogP contribution < -0.4 is 10.6 Å². The topological polar surface area (TPSA) is 70.6 Å². The number of carbonyl (C=O) groups is 1. The maximum absolute atomic E-state index is 11.7. The number of urea groups is 1. The van der Waals surface area contributed by atoms with E-state index in [1.165, 1.54) is 12.8 Å². The Labute approximate surface area is 133 Å². The molecule has 116 valence electrons. The van der Waals surface area contributed by atoms with Crippen molar-refractivity contribution in [3.63, 3.8) is 0 Å². The van der Waals surface area contributed by atoms with Crippen LogP contribution in [0.4, 0.5) is 10.5 Å². The minimum absolute atomic E-state index is 0.106. The molecule has 1 atom stereocenters. The Bertz CT molecular complexity index is 495. The summed E-state index contributed by atoms with van der Waals surface area (Å²) in [5.74, 6) is 0.651. The van der Waals surface area contributed by atoms with Crippen LogP contribution in [0.15, 0.2) is 18.2 Å². The van der Waals surface area contributed by atoms with Gasteiger partial charge in [0, 0.05) is 18.2 Å². The van der Waals surface area contributed by atoms with E-state index in [-0.39, 0.29) is 13.2 Å². The Morgan fingerprint density at radius 1 is 1.43 bits per heavy atom. The van der Waals surface area contributed by atoms with Crippen LogP contribution in [-0.2, 0) is 4.74 Å². The van der Waals surface area contributed by atoms with Gasteiger partial charge in [0.15, 0.2) is 0 Å². The zero-order valence-corrected chi connectivity index (χ0v) is 13.0. The summed E-state index contributed by atoms with van der Waals surface area (Å²) in [5, 5.41) is 15.7. The normalized spacial score (nSPS) is 15.6. The number of hydrogen-bond acceptors (Lipinski definition) is 3. The number of nitrogens with one attached hydrogen (secondary N) is 2. The minimum Gasteiger partial charge on any atom is -0.389 e. The van der Waals surface area contributed by atoms with Crippen LogP contribution in [-0.4, -0.2) is 37.0 Å². The zero-order valence-electron chi connectivity index (χ0n) is 11.4. The van der Waals surface area contributed by atoms with Gasteiger partial charge in [-0.3, -0.25) is 0 Å². The number of aliphatic hydroxyl groups is 1. The van der Waals surface area contributed by atoms with Gasteiger partial charge in [0.25, 0.3) is 0 Å². The molecule has 5 nitrogen and oxygen atoms in total. The Morgan fingerprint density at radius 2 is 2.19 bits per heavy atom. The lowest BCUT2D eigenvalue weighted by Gasteiger charge is -2.13. The predicted molar refractivity (Wildman–Crippen MR) is 83.0 cm³/mol. The molecule has 1 saturated carbocycles. The first-order chi connectivity index (χ1) is 10.0. The number of anilines is 1. The first-order valence-corrected chi connectivity index (χ1v) is 7.56. The predicted octanol–water partition coefficient (Wildman–Crippen LogP) is 2.90. The third kappa shape index (κ3) is 6.09. The van der Waals surface area contributed by atoms with Gasteiger partial charge in [-0.15, -0.1) is 0 Å². The number of halogens is 2. The van der Waals surface area contributed by atoms with Gasteiger partial charge >= 0.3 is 6.03 Å². The van der Waals surface area contributed by atoms with Gasteiger partial charge in [0.1, 0.15) is 0 Å². The van der Waals surface area contributed by atoms with Crippen LogP contribution in [0, 0.1) is 5.92 Å². The second-order valence-corrected chi connectivity index (χ2v) is 5.94. The van der Waals surface area contributed by atoms with Crippen molar-refractivity contribution in [2.45, 2.75) is 18.9 Å². The van der Waals surface area contributed by atoms with E-state index in [1.807, 2.05) is 0 Å². The summed E-state index contributed by atoms with van der Waals surface area (Å²) in [7, 11) is 0. The molecule has 2 rings (SSSR count). The van der Waals surface area contributed by atoms with E-state index in [0.717, 1.165) is 0 Å². The van der Waals surface area contributed by atoms with E-state index in [2.05, 4.69) is 10.6 Å². The van der Waals surface area contributed by atoms with Gasteiger partial charge in [0.2, 0.25) is 0 Å². The molecule has 0 saturated heterocycles. The average molecular weight is 333 g/mol.